The normalized spacial score (nSPS) is 33.0. The van der Waals surface area contributed by atoms with Crippen LogP contribution in [0.1, 0.15) is 37.8 Å². The molecule has 1 saturated heterocycles. The Kier molecular flexibility index (Phi) is 4.43. The number of hydrogen-bond donors (Lipinski definition) is 1. The average Bonchev–Trinajstić information content (AvgIpc) is 3.12. The van der Waals surface area contributed by atoms with Gasteiger partial charge in [-0.25, -0.2) is 14.8 Å². The third kappa shape index (κ3) is 3.67. The van der Waals surface area contributed by atoms with Gasteiger partial charge in [0.2, 0.25) is 5.95 Å². The number of amides is 1. The van der Waals surface area contributed by atoms with E-state index < -0.39 is 11.9 Å². The molecule has 1 aromatic rings. The van der Waals surface area contributed by atoms with Gasteiger partial charge in [-0.2, -0.15) is 13.2 Å². The molecule has 2 unspecified atom stereocenters. The molecule has 1 aromatic heterocycles. The maximum Gasteiger partial charge on any atom is 0.433 e. The lowest BCUT2D eigenvalue weighted by Gasteiger charge is -2.49. The number of carbonyl (C=O) groups is 1. The zero-order valence-corrected chi connectivity index (χ0v) is 15.9. The van der Waals surface area contributed by atoms with Gasteiger partial charge in [0.1, 0.15) is 11.8 Å². The van der Waals surface area contributed by atoms with Crippen molar-refractivity contribution in [3.05, 3.63) is 29.6 Å². The fourth-order valence-electron chi connectivity index (χ4n) is 5.48. The van der Waals surface area contributed by atoms with Gasteiger partial charge in [0.15, 0.2) is 0 Å². The van der Waals surface area contributed by atoms with Crippen LogP contribution in [-0.4, -0.2) is 46.2 Å². The number of carbonyl (C=O) groups excluding carboxylic acids is 1. The number of alkyl halides is 3. The molecule has 4 bridgehead atoms. The van der Waals surface area contributed by atoms with Crippen LogP contribution < -0.4 is 5.32 Å². The number of aromatic nitrogens is 2. The van der Waals surface area contributed by atoms with Crippen molar-refractivity contribution in [2.45, 2.75) is 50.4 Å². The van der Waals surface area contributed by atoms with Gasteiger partial charge in [0.25, 0.3) is 0 Å². The molecule has 1 aliphatic heterocycles. The average molecular weight is 408 g/mol. The largest absolute Gasteiger partial charge is 0.445 e. The Bertz CT molecular complexity index is 825. The minimum Gasteiger partial charge on any atom is -0.445 e. The number of rotatable bonds is 3. The molecule has 0 spiro atoms. The number of halogens is 3. The van der Waals surface area contributed by atoms with E-state index in [4.69, 9.17) is 4.74 Å². The molecule has 1 amide bonds. The lowest BCUT2D eigenvalue weighted by atomic mass is 9.60. The highest BCUT2D eigenvalue weighted by Crippen LogP contribution is 2.51. The summed E-state index contributed by atoms with van der Waals surface area (Å²) in [6.07, 6.45) is 3.58. The molecule has 0 radical (unpaired) electrons. The van der Waals surface area contributed by atoms with E-state index in [2.05, 4.69) is 21.4 Å². The smallest absolute Gasteiger partial charge is 0.433 e. The molecule has 1 N–H and O–H groups in total. The van der Waals surface area contributed by atoms with E-state index in [1.54, 1.807) is 4.90 Å². The Balaban J connectivity index is 1.17. The minimum atomic E-state index is -4.51. The summed E-state index contributed by atoms with van der Waals surface area (Å²) in [7, 11) is 0. The van der Waals surface area contributed by atoms with Crippen LogP contribution in [0, 0.1) is 17.8 Å². The summed E-state index contributed by atoms with van der Waals surface area (Å²) in [6, 6.07) is 0.638. The van der Waals surface area contributed by atoms with E-state index in [0.29, 0.717) is 37.3 Å². The van der Waals surface area contributed by atoms with E-state index in [1.807, 2.05) is 0 Å². The summed E-state index contributed by atoms with van der Waals surface area (Å²) in [4.78, 5) is 21.7. The quantitative estimate of drug-likeness (QED) is 0.770. The number of ether oxygens (including phenoxy) is 1. The molecule has 4 aliphatic carbocycles. The van der Waals surface area contributed by atoms with Crippen LogP contribution in [-0.2, 0) is 10.9 Å². The highest BCUT2D eigenvalue weighted by Gasteiger charge is 2.47. The molecule has 9 heteroatoms. The predicted octanol–water partition coefficient (Wildman–Crippen LogP) is 3.86. The van der Waals surface area contributed by atoms with E-state index in [0.717, 1.165) is 37.9 Å². The van der Waals surface area contributed by atoms with Gasteiger partial charge >= 0.3 is 12.3 Å². The number of allylic oxidation sites excluding steroid dienone is 2. The monoisotopic (exact) mass is 408 g/mol. The summed E-state index contributed by atoms with van der Waals surface area (Å²) in [5.74, 6) is 1.46. The first kappa shape index (κ1) is 18.7. The molecule has 6 rings (SSSR count). The van der Waals surface area contributed by atoms with E-state index in [1.165, 1.54) is 5.57 Å². The highest BCUT2D eigenvalue weighted by molar-refractivity contribution is 5.68. The van der Waals surface area contributed by atoms with Crippen LogP contribution in [0.15, 0.2) is 23.9 Å². The van der Waals surface area contributed by atoms with Gasteiger partial charge in [0, 0.05) is 37.2 Å². The lowest BCUT2D eigenvalue weighted by molar-refractivity contribution is -0.141. The molecular weight excluding hydrogens is 385 g/mol. The van der Waals surface area contributed by atoms with E-state index in [9.17, 15) is 18.0 Å². The zero-order chi connectivity index (χ0) is 20.2. The van der Waals surface area contributed by atoms with Crippen molar-refractivity contribution in [2.24, 2.45) is 17.8 Å². The standard InChI is InChI=1S/C20H23F3N4O2/c21-20(22,23)16-1-3-24-18(26-16)25-15-2-4-27(10-15)19(28)29-17-13-6-11-5-12(8-13)9-14(17)7-11/h1,3,5,11,13-15,17H,2,4,6-10H2,(H,24,25,26)/t11?,13?,14?,15-,17?/m1/s1. The fraction of sp³-hybridized carbons (Fsp3) is 0.650. The molecule has 3 atom stereocenters. The first-order valence-electron chi connectivity index (χ1n) is 10.2. The molecule has 29 heavy (non-hydrogen) atoms. The number of nitrogens with one attached hydrogen (secondary N) is 1. The van der Waals surface area contributed by atoms with Gasteiger partial charge in [-0.05, 0) is 44.1 Å². The second-order valence-corrected chi connectivity index (χ2v) is 8.67. The van der Waals surface area contributed by atoms with E-state index in [-0.39, 0.29) is 24.2 Å². The summed E-state index contributed by atoms with van der Waals surface area (Å²) in [6.45, 7) is 0.875. The van der Waals surface area contributed by atoms with Gasteiger partial charge in [0.05, 0.1) is 0 Å². The maximum atomic E-state index is 12.8. The Morgan fingerprint density at radius 2 is 2.00 bits per heavy atom. The SMILES string of the molecule is O=C(OC1C2CC3=CC(C2)CC1C3)N1CC[C@@H](Nc2nccc(C(F)(F)F)n2)C1. The van der Waals surface area contributed by atoms with Gasteiger partial charge < -0.3 is 15.0 Å². The third-order valence-corrected chi connectivity index (χ3v) is 6.62. The topological polar surface area (TPSA) is 67.3 Å². The minimum absolute atomic E-state index is 0.00462. The fourth-order valence-corrected chi connectivity index (χ4v) is 5.48. The lowest BCUT2D eigenvalue weighted by Crippen LogP contribution is -2.48. The summed E-state index contributed by atoms with van der Waals surface area (Å²) < 4.78 is 44.3. The van der Waals surface area contributed by atoms with Crippen molar-refractivity contribution >= 4 is 12.0 Å². The van der Waals surface area contributed by atoms with Crippen LogP contribution >= 0.6 is 0 Å². The molecule has 2 saturated carbocycles. The van der Waals surface area contributed by atoms with Crippen LogP contribution in [0.5, 0.6) is 0 Å². The van der Waals surface area contributed by atoms with Crippen LogP contribution in [0.25, 0.3) is 0 Å². The Hall–Kier alpha value is -2.32. The van der Waals surface area contributed by atoms with E-state index >= 15 is 0 Å². The van der Waals surface area contributed by atoms with Crippen molar-refractivity contribution in [2.75, 3.05) is 18.4 Å². The highest BCUT2D eigenvalue weighted by atomic mass is 19.4. The Labute approximate surface area is 166 Å². The molecule has 2 heterocycles. The first-order valence-corrected chi connectivity index (χ1v) is 10.2. The van der Waals surface area contributed by atoms with Gasteiger partial charge in [-0.1, -0.05) is 11.6 Å². The predicted molar refractivity (Wildman–Crippen MR) is 97.9 cm³/mol. The van der Waals surface area contributed by atoms with Crippen molar-refractivity contribution < 1.29 is 22.7 Å². The van der Waals surface area contributed by atoms with Crippen molar-refractivity contribution in [3.63, 3.8) is 0 Å². The number of hydrogen-bond acceptors (Lipinski definition) is 5. The third-order valence-electron chi connectivity index (χ3n) is 6.62. The maximum absolute atomic E-state index is 12.8. The summed E-state index contributed by atoms with van der Waals surface area (Å²) in [5.41, 5.74) is 0.544. The Morgan fingerprint density at radius 1 is 1.24 bits per heavy atom. The number of likely N-dealkylation sites (tertiary alicyclic amines) is 1. The molecule has 156 valence electrons. The van der Waals surface area contributed by atoms with Crippen molar-refractivity contribution in [1.29, 1.82) is 0 Å². The molecule has 3 fully saturated rings. The van der Waals surface area contributed by atoms with Gasteiger partial charge in [-0.3, -0.25) is 0 Å². The molecular formula is C20H23F3N4O2. The Morgan fingerprint density at radius 3 is 2.69 bits per heavy atom. The second-order valence-electron chi connectivity index (χ2n) is 8.67. The molecule has 5 aliphatic rings. The van der Waals surface area contributed by atoms with Crippen LogP contribution in [0.4, 0.5) is 23.9 Å². The second kappa shape index (κ2) is 6.88. The van der Waals surface area contributed by atoms with Crippen molar-refractivity contribution in [1.82, 2.24) is 14.9 Å². The number of anilines is 1. The summed E-state index contributed by atoms with van der Waals surface area (Å²) in [5, 5.41) is 2.91. The van der Waals surface area contributed by atoms with Crippen LogP contribution in [0.2, 0.25) is 0 Å². The molecule has 6 nitrogen and oxygen atoms in total. The first-order chi connectivity index (χ1) is 13.8. The van der Waals surface area contributed by atoms with Gasteiger partial charge in [-0.15, -0.1) is 0 Å². The van der Waals surface area contributed by atoms with Crippen LogP contribution in [0.3, 0.4) is 0 Å². The number of nitrogens with zero attached hydrogens (tertiary/aromatic N) is 3. The zero-order valence-electron chi connectivity index (χ0n) is 15.9. The summed E-state index contributed by atoms with van der Waals surface area (Å²) >= 11 is 0. The molecule has 0 aromatic carbocycles. The van der Waals surface area contributed by atoms with Crippen molar-refractivity contribution in [3.8, 4) is 0 Å².